The summed E-state index contributed by atoms with van der Waals surface area (Å²) in [5, 5.41) is 45.2. The number of amides is 1. The first kappa shape index (κ1) is 30.1. The molecule has 0 unspecified atom stereocenters. The lowest BCUT2D eigenvalue weighted by molar-refractivity contribution is -0.277. The second-order valence-electron chi connectivity index (χ2n) is 12.1. The number of esters is 1. The zero-order valence-electron chi connectivity index (χ0n) is 24.3. The molecule has 7 atom stereocenters. The molecule has 3 fully saturated rings. The van der Waals surface area contributed by atoms with Crippen molar-refractivity contribution in [2.75, 3.05) is 19.8 Å². The Morgan fingerprint density at radius 1 is 1.00 bits per heavy atom. The summed E-state index contributed by atoms with van der Waals surface area (Å²) in [7, 11) is 0. The van der Waals surface area contributed by atoms with E-state index in [-0.39, 0.29) is 42.7 Å². The van der Waals surface area contributed by atoms with Crippen LogP contribution in [0.5, 0.6) is 11.5 Å². The lowest BCUT2D eigenvalue weighted by atomic mass is 9.80. The summed E-state index contributed by atoms with van der Waals surface area (Å²) in [6, 6.07) is 0. The Hall–Kier alpha value is -2.90. The molecule has 43 heavy (non-hydrogen) atoms. The Labute approximate surface area is 249 Å². The third-order valence-electron chi connectivity index (χ3n) is 9.32. The van der Waals surface area contributed by atoms with E-state index in [1.165, 1.54) is 0 Å². The highest BCUT2D eigenvalue weighted by atomic mass is 16.7. The Morgan fingerprint density at radius 2 is 1.79 bits per heavy atom. The second kappa shape index (κ2) is 12.6. The molecule has 12 heteroatoms. The summed E-state index contributed by atoms with van der Waals surface area (Å²) >= 11 is 0. The van der Waals surface area contributed by atoms with E-state index in [0.29, 0.717) is 42.7 Å². The van der Waals surface area contributed by atoms with E-state index in [0.717, 1.165) is 48.6 Å². The van der Waals surface area contributed by atoms with Crippen molar-refractivity contribution in [1.82, 2.24) is 5.32 Å². The Kier molecular flexibility index (Phi) is 8.84. The van der Waals surface area contributed by atoms with E-state index in [1.807, 2.05) is 0 Å². The number of carbonyl (C=O) groups is 2. The molecule has 1 saturated carbocycles. The molecule has 0 radical (unpaired) electrons. The van der Waals surface area contributed by atoms with Gasteiger partial charge < -0.3 is 49.1 Å². The van der Waals surface area contributed by atoms with Crippen molar-refractivity contribution in [3.05, 3.63) is 23.0 Å². The van der Waals surface area contributed by atoms with E-state index < -0.39 is 43.2 Å². The standard InChI is InChI=1S/C31H41NO11/c1-2-39-30(38)15-8-9-18-19(10-15)27(43-31-26(37)25(36)24(35)21(13-33)42-31)29(41-17-6-4-3-5-7-17)28-23(18)20(14-40-28)16-11-22(34)32-12-16/h14-17,21,24-26,31,33,35-37H,2-13H2,1H3,(H,32,34)/t15-,16+,21+,24+,25-,26+,31-/m0/s1. The van der Waals surface area contributed by atoms with Crippen LogP contribution in [-0.2, 0) is 31.9 Å². The molecule has 4 aliphatic rings. The first-order chi connectivity index (χ1) is 20.8. The summed E-state index contributed by atoms with van der Waals surface area (Å²) in [6.45, 7) is 1.89. The van der Waals surface area contributed by atoms with Crippen LogP contribution in [0.4, 0.5) is 0 Å². The van der Waals surface area contributed by atoms with Crippen LogP contribution in [0.25, 0.3) is 11.0 Å². The van der Waals surface area contributed by atoms with Crippen molar-refractivity contribution in [2.24, 2.45) is 5.92 Å². The van der Waals surface area contributed by atoms with Crippen LogP contribution in [0.3, 0.4) is 0 Å². The van der Waals surface area contributed by atoms with Gasteiger partial charge in [-0.25, -0.2) is 0 Å². The Balaban J connectivity index is 1.50. The molecule has 6 rings (SSSR count). The molecule has 236 valence electrons. The molecular formula is C31H41NO11. The molecule has 3 heterocycles. The highest BCUT2D eigenvalue weighted by Gasteiger charge is 2.46. The number of carbonyl (C=O) groups excluding carboxylic acids is 2. The molecule has 1 amide bonds. The predicted molar refractivity (Wildman–Crippen MR) is 151 cm³/mol. The number of hydrogen-bond donors (Lipinski definition) is 5. The summed E-state index contributed by atoms with van der Waals surface area (Å²) in [5.74, 6) is -0.356. The van der Waals surface area contributed by atoms with Crippen molar-refractivity contribution in [3.63, 3.8) is 0 Å². The van der Waals surface area contributed by atoms with Gasteiger partial charge in [0.05, 0.1) is 31.5 Å². The minimum atomic E-state index is -1.64. The van der Waals surface area contributed by atoms with Crippen LogP contribution in [0, 0.1) is 5.92 Å². The normalized spacial score (nSPS) is 31.5. The SMILES string of the molecule is CCOC(=O)[C@H]1CCc2c(c(O[C@@H]3O[C@H](CO)[C@@H](O)[C@H](O)[C@H]3O)c(OC3CCCCC3)c3occ([C@H]4CNC(=O)C4)c23)C1. The van der Waals surface area contributed by atoms with Crippen molar-refractivity contribution in [1.29, 1.82) is 0 Å². The molecule has 2 aliphatic heterocycles. The zero-order chi connectivity index (χ0) is 30.2. The van der Waals surface area contributed by atoms with Gasteiger partial charge in [-0.05, 0) is 57.4 Å². The third kappa shape index (κ3) is 5.71. The molecule has 1 aromatic carbocycles. The molecule has 5 N–H and O–H groups in total. The minimum absolute atomic E-state index is 0.0307. The Bertz CT molecular complexity index is 1330. The average Bonchev–Trinajstić information content (AvgIpc) is 3.65. The quantitative estimate of drug-likeness (QED) is 0.277. The first-order valence-corrected chi connectivity index (χ1v) is 15.5. The maximum atomic E-state index is 12.9. The topological polar surface area (TPSA) is 177 Å². The summed E-state index contributed by atoms with van der Waals surface area (Å²) in [6.07, 6.45) is 0.529. The molecule has 2 aromatic rings. The van der Waals surface area contributed by atoms with E-state index in [2.05, 4.69) is 5.32 Å². The number of benzene rings is 1. The van der Waals surface area contributed by atoms with Gasteiger partial charge >= 0.3 is 5.97 Å². The summed E-state index contributed by atoms with van der Waals surface area (Å²) in [4.78, 5) is 25.1. The van der Waals surface area contributed by atoms with Crippen LogP contribution in [0.15, 0.2) is 10.7 Å². The maximum Gasteiger partial charge on any atom is 0.309 e. The molecule has 12 nitrogen and oxygen atoms in total. The summed E-state index contributed by atoms with van der Waals surface area (Å²) in [5.41, 5.74) is 2.91. The van der Waals surface area contributed by atoms with Gasteiger partial charge in [-0.2, -0.15) is 0 Å². The maximum absolute atomic E-state index is 12.9. The lowest BCUT2D eigenvalue weighted by Crippen LogP contribution is -2.60. The number of ether oxygens (including phenoxy) is 4. The van der Waals surface area contributed by atoms with Crippen LogP contribution >= 0.6 is 0 Å². The zero-order valence-corrected chi connectivity index (χ0v) is 24.3. The highest BCUT2D eigenvalue weighted by Crippen LogP contribution is 2.50. The fourth-order valence-corrected chi connectivity index (χ4v) is 6.99. The monoisotopic (exact) mass is 603 g/mol. The van der Waals surface area contributed by atoms with Crippen LogP contribution in [-0.4, -0.2) is 88.9 Å². The van der Waals surface area contributed by atoms with Gasteiger partial charge in [0, 0.05) is 35.4 Å². The predicted octanol–water partition coefficient (Wildman–Crippen LogP) is 1.59. The average molecular weight is 604 g/mol. The van der Waals surface area contributed by atoms with E-state index >= 15 is 0 Å². The van der Waals surface area contributed by atoms with Gasteiger partial charge in [-0.15, -0.1) is 0 Å². The smallest absolute Gasteiger partial charge is 0.309 e. The van der Waals surface area contributed by atoms with Gasteiger partial charge in [-0.1, -0.05) is 6.42 Å². The van der Waals surface area contributed by atoms with Crippen molar-refractivity contribution in [3.8, 4) is 11.5 Å². The van der Waals surface area contributed by atoms with Gasteiger partial charge in [0.25, 0.3) is 0 Å². The Morgan fingerprint density at radius 3 is 2.49 bits per heavy atom. The summed E-state index contributed by atoms with van der Waals surface area (Å²) < 4.78 is 30.4. The third-order valence-corrected chi connectivity index (χ3v) is 9.32. The van der Waals surface area contributed by atoms with Gasteiger partial charge in [0.15, 0.2) is 11.3 Å². The fourth-order valence-electron chi connectivity index (χ4n) is 6.99. The van der Waals surface area contributed by atoms with Gasteiger partial charge in [-0.3, -0.25) is 9.59 Å². The number of aliphatic hydroxyl groups excluding tert-OH is 4. The van der Waals surface area contributed by atoms with E-state index in [9.17, 15) is 30.0 Å². The van der Waals surface area contributed by atoms with Crippen molar-refractivity contribution < 1.29 is 53.4 Å². The molecule has 1 aromatic heterocycles. The van der Waals surface area contributed by atoms with Crippen LogP contribution in [0.1, 0.15) is 74.5 Å². The molecule has 2 saturated heterocycles. The largest absolute Gasteiger partial charge is 0.483 e. The number of nitrogens with one attached hydrogen (secondary N) is 1. The van der Waals surface area contributed by atoms with E-state index in [1.54, 1.807) is 13.2 Å². The second-order valence-corrected chi connectivity index (χ2v) is 12.1. The van der Waals surface area contributed by atoms with Gasteiger partial charge in [0.1, 0.15) is 24.4 Å². The number of furan rings is 1. The lowest BCUT2D eigenvalue weighted by Gasteiger charge is -2.40. The molecule has 0 spiro atoms. The van der Waals surface area contributed by atoms with E-state index in [4.69, 9.17) is 23.4 Å². The van der Waals surface area contributed by atoms with Crippen molar-refractivity contribution >= 4 is 22.8 Å². The first-order valence-electron chi connectivity index (χ1n) is 15.5. The number of aryl methyl sites for hydroxylation is 1. The number of hydrogen-bond acceptors (Lipinski definition) is 11. The van der Waals surface area contributed by atoms with Crippen molar-refractivity contribution in [2.45, 2.75) is 107 Å². The van der Waals surface area contributed by atoms with Crippen LogP contribution in [0.2, 0.25) is 0 Å². The number of aliphatic hydroxyl groups is 4. The molecular weight excluding hydrogens is 562 g/mol. The molecule has 2 aliphatic carbocycles. The number of rotatable bonds is 8. The number of fused-ring (bicyclic) bond motifs is 3. The molecule has 0 bridgehead atoms. The van der Waals surface area contributed by atoms with Gasteiger partial charge in [0.2, 0.25) is 17.9 Å². The van der Waals surface area contributed by atoms with Crippen LogP contribution < -0.4 is 14.8 Å². The highest BCUT2D eigenvalue weighted by molar-refractivity contribution is 5.95. The fraction of sp³-hybridized carbons (Fsp3) is 0.677. The minimum Gasteiger partial charge on any atom is -0.483 e.